The number of aliphatic carboxylic acids is 1. The van der Waals surface area contributed by atoms with Crippen LogP contribution in [0.3, 0.4) is 0 Å². The molecule has 2 aliphatic rings. The van der Waals surface area contributed by atoms with Crippen molar-refractivity contribution in [2.75, 3.05) is 6.54 Å². The van der Waals surface area contributed by atoms with Crippen molar-refractivity contribution in [3.05, 3.63) is 0 Å². The van der Waals surface area contributed by atoms with E-state index in [-0.39, 0.29) is 11.9 Å². The lowest BCUT2D eigenvalue weighted by atomic mass is 9.93. The van der Waals surface area contributed by atoms with Gasteiger partial charge in [-0.15, -0.1) is 0 Å². The highest BCUT2D eigenvalue weighted by Gasteiger charge is 2.49. The summed E-state index contributed by atoms with van der Waals surface area (Å²) < 4.78 is 0. The molecule has 4 N–H and O–H groups in total. The number of carboxylic acids is 1. The Morgan fingerprint density at radius 2 is 1.89 bits per heavy atom. The first kappa shape index (κ1) is 13.3. The number of rotatable bonds is 4. The molecule has 0 aromatic heterocycles. The topological polar surface area (TPSA) is 92.4 Å². The number of hydrogen-bond acceptors (Lipinski definition) is 3. The van der Waals surface area contributed by atoms with E-state index in [1.165, 1.54) is 0 Å². The lowest BCUT2D eigenvalue weighted by molar-refractivity contribution is -0.143. The summed E-state index contributed by atoms with van der Waals surface area (Å²) in [7, 11) is 0. The maximum atomic E-state index is 12.1. The average Bonchev–Trinajstić information content (AvgIpc) is 3.13. The molecule has 2 unspecified atom stereocenters. The fourth-order valence-electron chi connectivity index (χ4n) is 2.77. The van der Waals surface area contributed by atoms with E-state index >= 15 is 0 Å². The van der Waals surface area contributed by atoms with Gasteiger partial charge in [0.2, 0.25) is 5.91 Å². The van der Waals surface area contributed by atoms with E-state index in [1.807, 2.05) is 0 Å². The third-order valence-electron chi connectivity index (χ3n) is 4.38. The summed E-state index contributed by atoms with van der Waals surface area (Å²) in [5, 5.41) is 12.2. The third kappa shape index (κ3) is 2.66. The van der Waals surface area contributed by atoms with E-state index in [2.05, 4.69) is 5.32 Å². The fourth-order valence-corrected chi connectivity index (χ4v) is 2.77. The lowest BCUT2D eigenvalue weighted by Crippen LogP contribution is -2.47. The molecule has 18 heavy (non-hydrogen) atoms. The molecule has 2 saturated carbocycles. The zero-order valence-corrected chi connectivity index (χ0v) is 10.7. The highest BCUT2D eigenvalue weighted by atomic mass is 16.4. The fraction of sp³-hybridized carbons (Fsp3) is 0.846. The first-order valence-corrected chi connectivity index (χ1v) is 6.83. The van der Waals surface area contributed by atoms with Crippen LogP contribution in [-0.2, 0) is 9.59 Å². The van der Waals surface area contributed by atoms with Gasteiger partial charge in [0, 0.05) is 12.6 Å². The summed E-state index contributed by atoms with van der Waals surface area (Å²) in [6.07, 6.45) is 6.08. The molecule has 2 fully saturated rings. The third-order valence-corrected chi connectivity index (χ3v) is 4.38. The Labute approximate surface area is 107 Å². The molecule has 0 heterocycles. The Bertz CT molecular complexity index is 339. The first-order chi connectivity index (χ1) is 8.59. The molecule has 2 aliphatic carbocycles. The van der Waals surface area contributed by atoms with Gasteiger partial charge < -0.3 is 16.2 Å². The minimum absolute atomic E-state index is 0.0388. The quantitative estimate of drug-likeness (QED) is 0.649. The average molecular weight is 254 g/mol. The van der Waals surface area contributed by atoms with Gasteiger partial charge in [-0.05, 0) is 25.7 Å². The van der Waals surface area contributed by atoms with Crippen molar-refractivity contribution in [2.45, 2.75) is 51.0 Å². The summed E-state index contributed by atoms with van der Waals surface area (Å²) in [4.78, 5) is 23.4. The Hall–Kier alpha value is -1.10. The van der Waals surface area contributed by atoms with Crippen LogP contribution in [0.25, 0.3) is 0 Å². The molecular formula is C13H22N2O3. The molecule has 0 aliphatic heterocycles. The normalized spacial score (nSPS) is 30.3. The van der Waals surface area contributed by atoms with Crippen LogP contribution in [0.15, 0.2) is 0 Å². The molecule has 0 aromatic carbocycles. The van der Waals surface area contributed by atoms with Gasteiger partial charge in [-0.3, -0.25) is 9.59 Å². The van der Waals surface area contributed by atoms with Gasteiger partial charge in [0.1, 0.15) is 0 Å². The van der Waals surface area contributed by atoms with Crippen LogP contribution in [0.5, 0.6) is 0 Å². The van der Waals surface area contributed by atoms with Crippen LogP contribution in [0.4, 0.5) is 0 Å². The molecule has 0 bridgehead atoms. The number of nitrogens with two attached hydrogens (primary N) is 1. The van der Waals surface area contributed by atoms with E-state index in [1.54, 1.807) is 0 Å². The van der Waals surface area contributed by atoms with Crippen molar-refractivity contribution >= 4 is 11.9 Å². The number of carbonyl (C=O) groups is 2. The van der Waals surface area contributed by atoms with Crippen molar-refractivity contribution < 1.29 is 14.7 Å². The first-order valence-electron chi connectivity index (χ1n) is 6.83. The molecule has 0 aromatic rings. The summed E-state index contributed by atoms with van der Waals surface area (Å²) in [6, 6.07) is -0.221. The molecule has 0 radical (unpaired) electrons. The Balaban J connectivity index is 2.00. The summed E-state index contributed by atoms with van der Waals surface area (Å²) >= 11 is 0. The number of carbonyl (C=O) groups excluding carboxylic acids is 1. The van der Waals surface area contributed by atoms with E-state index in [4.69, 9.17) is 5.73 Å². The predicted molar refractivity (Wildman–Crippen MR) is 66.9 cm³/mol. The summed E-state index contributed by atoms with van der Waals surface area (Å²) in [6.45, 7) is 0.364. The van der Waals surface area contributed by atoms with E-state index in [9.17, 15) is 14.7 Å². The van der Waals surface area contributed by atoms with Gasteiger partial charge in [-0.2, -0.15) is 0 Å². The second-order valence-corrected chi connectivity index (χ2v) is 5.65. The standard InChI is InChI=1S/C13H22N2O3/c14-8-13(6-7-13)12(18)15-10-5-3-1-2-4-9(10)11(16)17/h9-10H,1-8,14H2,(H,15,18)(H,16,17). The van der Waals surface area contributed by atoms with Crippen LogP contribution in [0.2, 0.25) is 0 Å². The second-order valence-electron chi connectivity index (χ2n) is 5.65. The number of carboxylic acid groups (broad SMARTS) is 1. The minimum atomic E-state index is -0.792. The molecule has 1 amide bonds. The van der Waals surface area contributed by atoms with E-state index in [0.717, 1.165) is 38.5 Å². The minimum Gasteiger partial charge on any atom is -0.481 e. The highest BCUT2D eigenvalue weighted by molar-refractivity contribution is 5.86. The summed E-state index contributed by atoms with van der Waals surface area (Å²) in [5.74, 6) is -1.27. The maximum absolute atomic E-state index is 12.1. The largest absolute Gasteiger partial charge is 0.481 e. The van der Waals surface area contributed by atoms with E-state index < -0.39 is 17.3 Å². The Morgan fingerprint density at radius 3 is 2.44 bits per heavy atom. The van der Waals surface area contributed by atoms with Gasteiger partial charge in [0.15, 0.2) is 0 Å². The predicted octanol–water partition coefficient (Wildman–Crippen LogP) is 0.875. The van der Waals surface area contributed by atoms with Crippen LogP contribution < -0.4 is 11.1 Å². The van der Waals surface area contributed by atoms with Crippen molar-refractivity contribution in [1.82, 2.24) is 5.32 Å². The molecule has 0 spiro atoms. The Morgan fingerprint density at radius 1 is 1.22 bits per heavy atom. The van der Waals surface area contributed by atoms with Crippen molar-refractivity contribution in [3.8, 4) is 0 Å². The monoisotopic (exact) mass is 254 g/mol. The molecular weight excluding hydrogens is 232 g/mol. The zero-order valence-electron chi connectivity index (χ0n) is 10.7. The smallest absolute Gasteiger partial charge is 0.308 e. The van der Waals surface area contributed by atoms with Crippen LogP contribution >= 0.6 is 0 Å². The van der Waals surface area contributed by atoms with Gasteiger partial charge >= 0.3 is 5.97 Å². The molecule has 2 rings (SSSR count). The Kier molecular flexibility index (Phi) is 3.90. The van der Waals surface area contributed by atoms with Gasteiger partial charge in [0.05, 0.1) is 11.3 Å². The molecule has 2 atom stereocenters. The second kappa shape index (κ2) is 5.26. The van der Waals surface area contributed by atoms with Crippen molar-refractivity contribution in [2.24, 2.45) is 17.1 Å². The van der Waals surface area contributed by atoms with Crippen LogP contribution in [0, 0.1) is 11.3 Å². The molecule has 5 nitrogen and oxygen atoms in total. The van der Waals surface area contributed by atoms with Crippen molar-refractivity contribution in [1.29, 1.82) is 0 Å². The number of amides is 1. The van der Waals surface area contributed by atoms with Gasteiger partial charge in [-0.1, -0.05) is 19.3 Å². The number of nitrogens with one attached hydrogen (secondary N) is 1. The highest BCUT2D eigenvalue weighted by Crippen LogP contribution is 2.45. The number of hydrogen-bond donors (Lipinski definition) is 3. The molecule has 102 valence electrons. The van der Waals surface area contributed by atoms with Crippen LogP contribution in [-0.4, -0.2) is 29.6 Å². The van der Waals surface area contributed by atoms with Crippen molar-refractivity contribution in [3.63, 3.8) is 0 Å². The summed E-state index contributed by atoms with van der Waals surface area (Å²) in [5.41, 5.74) is 5.23. The SMILES string of the molecule is NCC1(C(=O)NC2CCCCCC2C(=O)O)CC1. The maximum Gasteiger partial charge on any atom is 0.308 e. The van der Waals surface area contributed by atoms with E-state index in [0.29, 0.717) is 13.0 Å². The molecule has 5 heteroatoms. The lowest BCUT2D eigenvalue weighted by Gasteiger charge is -2.25. The zero-order chi connectivity index (χ0) is 13.2. The van der Waals surface area contributed by atoms with Gasteiger partial charge in [-0.25, -0.2) is 0 Å². The van der Waals surface area contributed by atoms with Gasteiger partial charge in [0.25, 0.3) is 0 Å². The molecule has 0 saturated heterocycles. The van der Waals surface area contributed by atoms with Crippen LogP contribution in [0.1, 0.15) is 44.9 Å².